The number of unbranched alkanes of at least 4 members (excludes halogenated alkanes) is 2. The number of fused-ring (bicyclic) bond motifs is 3. The zero-order valence-corrected chi connectivity index (χ0v) is 12.3. The molecule has 0 radical (unpaired) electrons. The van der Waals surface area contributed by atoms with Crippen LogP contribution in [0.5, 0.6) is 0 Å². The van der Waals surface area contributed by atoms with Gasteiger partial charge in [-0.2, -0.15) is 0 Å². The Morgan fingerprint density at radius 1 is 0.900 bits per heavy atom. The van der Waals surface area contributed by atoms with Gasteiger partial charge in [0.15, 0.2) is 0 Å². The fourth-order valence-corrected chi connectivity index (χ4v) is 2.87. The van der Waals surface area contributed by atoms with E-state index in [1.165, 1.54) is 46.7 Å². The number of aryl methyl sites for hydroxylation is 2. The van der Waals surface area contributed by atoms with Crippen molar-refractivity contribution in [3.8, 4) is 0 Å². The SMILES string of the molecule is CCCCCc1nc2ccccc2c2ccc(C)cc12. The van der Waals surface area contributed by atoms with Gasteiger partial charge in [0.1, 0.15) is 0 Å². The topological polar surface area (TPSA) is 12.9 Å². The van der Waals surface area contributed by atoms with E-state index in [9.17, 15) is 0 Å². The molecule has 3 rings (SSSR count). The maximum absolute atomic E-state index is 4.92. The van der Waals surface area contributed by atoms with Crippen molar-refractivity contribution in [2.75, 3.05) is 0 Å². The average molecular weight is 263 g/mol. The molecule has 2 aromatic carbocycles. The molecule has 0 saturated heterocycles. The lowest BCUT2D eigenvalue weighted by molar-refractivity contribution is 0.712. The second kappa shape index (κ2) is 5.62. The molecule has 0 amide bonds. The highest BCUT2D eigenvalue weighted by Gasteiger charge is 2.08. The van der Waals surface area contributed by atoms with Crippen molar-refractivity contribution >= 4 is 21.7 Å². The monoisotopic (exact) mass is 263 g/mol. The zero-order chi connectivity index (χ0) is 13.9. The minimum absolute atomic E-state index is 1.08. The van der Waals surface area contributed by atoms with Gasteiger partial charge < -0.3 is 0 Å². The molecule has 0 bridgehead atoms. The largest absolute Gasteiger partial charge is 0.252 e. The molecule has 102 valence electrons. The summed E-state index contributed by atoms with van der Waals surface area (Å²) < 4.78 is 0. The number of benzene rings is 2. The zero-order valence-electron chi connectivity index (χ0n) is 12.3. The molecule has 0 N–H and O–H groups in total. The smallest absolute Gasteiger partial charge is 0.0711 e. The van der Waals surface area contributed by atoms with E-state index in [1.54, 1.807) is 0 Å². The fraction of sp³-hybridized carbons (Fsp3) is 0.316. The molecule has 1 nitrogen and oxygen atoms in total. The van der Waals surface area contributed by atoms with Crippen molar-refractivity contribution in [3.63, 3.8) is 0 Å². The van der Waals surface area contributed by atoms with E-state index in [0.29, 0.717) is 0 Å². The molecule has 0 aliphatic rings. The maximum Gasteiger partial charge on any atom is 0.0711 e. The Bertz CT molecular complexity index is 743. The van der Waals surface area contributed by atoms with Crippen LogP contribution in [0, 0.1) is 6.92 Å². The van der Waals surface area contributed by atoms with Gasteiger partial charge in [0, 0.05) is 16.5 Å². The summed E-state index contributed by atoms with van der Waals surface area (Å²) in [4.78, 5) is 4.92. The Kier molecular flexibility index (Phi) is 3.68. The van der Waals surface area contributed by atoms with Crippen LogP contribution in [0.3, 0.4) is 0 Å². The molecule has 1 heterocycles. The van der Waals surface area contributed by atoms with Gasteiger partial charge in [-0.3, -0.25) is 4.98 Å². The molecule has 1 aromatic heterocycles. The van der Waals surface area contributed by atoms with Crippen molar-refractivity contribution < 1.29 is 0 Å². The summed E-state index contributed by atoms with van der Waals surface area (Å²) in [7, 11) is 0. The second-order valence-corrected chi connectivity index (χ2v) is 5.58. The first kappa shape index (κ1) is 13.1. The summed E-state index contributed by atoms with van der Waals surface area (Å²) >= 11 is 0. The molecule has 0 fully saturated rings. The van der Waals surface area contributed by atoms with Crippen LogP contribution in [-0.4, -0.2) is 4.98 Å². The Morgan fingerprint density at radius 2 is 1.75 bits per heavy atom. The molecular formula is C19H21N. The third-order valence-electron chi connectivity index (χ3n) is 3.95. The number of aromatic nitrogens is 1. The van der Waals surface area contributed by atoms with Crippen LogP contribution in [0.25, 0.3) is 21.7 Å². The van der Waals surface area contributed by atoms with Gasteiger partial charge in [-0.25, -0.2) is 0 Å². The first-order valence-corrected chi connectivity index (χ1v) is 7.57. The van der Waals surface area contributed by atoms with Crippen molar-refractivity contribution in [2.24, 2.45) is 0 Å². The quantitative estimate of drug-likeness (QED) is 0.452. The number of nitrogens with zero attached hydrogens (tertiary/aromatic N) is 1. The van der Waals surface area contributed by atoms with Crippen LogP contribution >= 0.6 is 0 Å². The Labute approximate surface area is 120 Å². The van der Waals surface area contributed by atoms with Gasteiger partial charge in [-0.05, 0) is 37.3 Å². The number of pyridine rings is 1. The summed E-state index contributed by atoms with van der Waals surface area (Å²) in [5.74, 6) is 0. The van der Waals surface area contributed by atoms with Gasteiger partial charge in [-0.15, -0.1) is 0 Å². The van der Waals surface area contributed by atoms with E-state index in [1.807, 2.05) is 0 Å². The molecule has 0 aliphatic carbocycles. The third kappa shape index (κ3) is 2.40. The molecular weight excluding hydrogens is 242 g/mol. The molecule has 0 spiro atoms. The third-order valence-corrected chi connectivity index (χ3v) is 3.95. The summed E-state index contributed by atoms with van der Waals surface area (Å²) in [6, 6.07) is 15.2. The molecule has 3 aromatic rings. The first-order valence-electron chi connectivity index (χ1n) is 7.57. The van der Waals surface area contributed by atoms with Crippen LogP contribution in [-0.2, 0) is 6.42 Å². The van der Waals surface area contributed by atoms with Gasteiger partial charge in [0.25, 0.3) is 0 Å². The summed E-state index contributed by atoms with van der Waals surface area (Å²) in [6.07, 6.45) is 4.84. The Hall–Kier alpha value is -1.89. The molecule has 1 heteroatoms. The van der Waals surface area contributed by atoms with Gasteiger partial charge >= 0.3 is 0 Å². The van der Waals surface area contributed by atoms with Crippen LogP contribution < -0.4 is 0 Å². The van der Waals surface area contributed by atoms with Gasteiger partial charge in [0.05, 0.1) is 5.52 Å². The van der Waals surface area contributed by atoms with Crippen LogP contribution in [0.2, 0.25) is 0 Å². The second-order valence-electron chi connectivity index (χ2n) is 5.58. The van der Waals surface area contributed by atoms with Crippen LogP contribution in [0.15, 0.2) is 42.5 Å². The average Bonchev–Trinajstić information content (AvgIpc) is 2.47. The van der Waals surface area contributed by atoms with E-state index in [2.05, 4.69) is 56.3 Å². The summed E-state index contributed by atoms with van der Waals surface area (Å²) in [5.41, 5.74) is 3.69. The number of hydrogen-bond donors (Lipinski definition) is 0. The standard InChI is InChI=1S/C19H21N/c1-3-4-5-9-19-17-13-14(2)11-12-15(17)16-8-6-7-10-18(16)20-19/h6-8,10-13H,3-5,9H2,1-2H3. The van der Waals surface area contributed by atoms with Crippen molar-refractivity contribution in [1.82, 2.24) is 4.98 Å². The predicted octanol–water partition coefficient (Wildman–Crippen LogP) is 5.43. The summed E-state index contributed by atoms with van der Waals surface area (Å²) in [6.45, 7) is 4.40. The van der Waals surface area contributed by atoms with Crippen LogP contribution in [0.4, 0.5) is 0 Å². The van der Waals surface area contributed by atoms with Crippen LogP contribution in [0.1, 0.15) is 37.4 Å². The molecule has 0 atom stereocenters. The molecule has 20 heavy (non-hydrogen) atoms. The van der Waals surface area contributed by atoms with Crippen molar-refractivity contribution in [2.45, 2.75) is 39.5 Å². The number of para-hydroxylation sites is 1. The minimum Gasteiger partial charge on any atom is -0.252 e. The Morgan fingerprint density at radius 3 is 2.60 bits per heavy atom. The predicted molar refractivity (Wildman–Crippen MR) is 87.2 cm³/mol. The minimum atomic E-state index is 1.08. The van der Waals surface area contributed by atoms with Crippen molar-refractivity contribution in [1.29, 1.82) is 0 Å². The number of rotatable bonds is 4. The Balaban J connectivity index is 2.21. The van der Waals surface area contributed by atoms with E-state index >= 15 is 0 Å². The normalized spacial score (nSPS) is 11.3. The summed E-state index contributed by atoms with van der Waals surface area (Å²) in [5, 5.41) is 3.94. The highest BCUT2D eigenvalue weighted by molar-refractivity contribution is 6.06. The first-order chi connectivity index (χ1) is 9.79. The van der Waals surface area contributed by atoms with Crippen molar-refractivity contribution in [3.05, 3.63) is 53.7 Å². The van der Waals surface area contributed by atoms with E-state index in [4.69, 9.17) is 4.98 Å². The lowest BCUT2D eigenvalue weighted by atomic mass is 9.99. The number of hydrogen-bond acceptors (Lipinski definition) is 1. The highest BCUT2D eigenvalue weighted by atomic mass is 14.7. The maximum atomic E-state index is 4.92. The fourth-order valence-electron chi connectivity index (χ4n) is 2.87. The lowest BCUT2D eigenvalue weighted by Crippen LogP contribution is -1.95. The molecule has 0 aliphatic heterocycles. The van der Waals surface area contributed by atoms with Gasteiger partial charge in [-0.1, -0.05) is 55.7 Å². The highest BCUT2D eigenvalue weighted by Crippen LogP contribution is 2.28. The lowest BCUT2D eigenvalue weighted by Gasteiger charge is -2.10. The molecule has 0 unspecified atom stereocenters. The van der Waals surface area contributed by atoms with E-state index in [-0.39, 0.29) is 0 Å². The van der Waals surface area contributed by atoms with E-state index in [0.717, 1.165) is 11.9 Å². The van der Waals surface area contributed by atoms with E-state index < -0.39 is 0 Å². The molecule has 0 saturated carbocycles. The van der Waals surface area contributed by atoms with Gasteiger partial charge in [0.2, 0.25) is 0 Å².